The first kappa shape index (κ1) is 13.6. The zero-order valence-electron chi connectivity index (χ0n) is 9.44. The minimum absolute atomic E-state index is 0.0650. The van der Waals surface area contributed by atoms with E-state index in [-0.39, 0.29) is 23.2 Å². The van der Waals surface area contributed by atoms with Gasteiger partial charge in [-0.15, -0.1) is 0 Å². The smallest absolute Gasteiger partial charge is 0.458 e. The van der Waals surface area contributed by atoms with Crippen molar-refractivity contribution in [1.29, 1.82) is 0 Å². The van der Waals surface area contributed by atoms with Crippen LogP contribution in [-0.2, 0) is 15.7 Å². The Morgan fingerprint density at radius 3 is 2.21 bits per heavy atom. The van der Waals surface area contributed by atoms with Crippen LogP contribution in [0.15, 0.2) is 29.7 Å². The molecule has 1 heterocycles. The molecule has 0 aliphatic carbocycles. The molecular weight excluding hydrogens is 264 g/mol. The van der Waals surface area contributed by atoms with Gasteiger partial charge in [0.1, 0.15) is 6.61 Å². The number of cyclic esters (lactones) is 1. The molecule has 100 valence electrons. The fourth-order valence-electron chi connectivity index (χ4n) is 1.75. The van der Waals surface area contributed by atoms with E-state index in [4.69, 9.17) is 10.0 Å². The van der Waals surface area contributed by atoms with Gasteiger partial charge >= 0.3 is 19.3 Å². The zero-order chi connectivity index (χ0) is 14.2. The van der Waals surface area contributed by atoms with Crippen LogP contribution in [0.1, 0.15) is 11.1 Å². The van der Waals surface area contributed by atoms with Gasteiger partial charge in [-0.2, -0.15) is 13.2 Å². The van der Waals surface area contributed by atoms with E-state index in [1.807, 2.05) is 0 Å². The first-order chi connectivity index (χ1) is 8.80. The lowest BCUT2D eigenvalue weighted by atomic mass is 9.76. The first-order valence-electron chi connectivity index (χ1n) is 5.24. The van der Waals surface area contributed by atoms with Crippen molar-refractivity contribution in [2.24, 2.45) is 0 Å². The summed E-state index contributed by atoms with van der Waals surface area (Å²) in [5, 5.41) is 18.1. The molecule has 0 spiro atoms. The summed E-state index contributed by atoms with van der Waals surface area (Å²) in [4.78, 5) is 11.4. The van der Waals surface area contributed by atoms with Crippen LogP contribution in [-0.4, -0.2) is 29.7 Å². The molecule has 2 rings (SSSR count). The van der Waals surface area contributed by atoms with Crippen molar-refractivity contribution in [1.82, 2.24) is 0 Å². The van der Waals surface area contributed by atoms with E-state index < -0.39 is 24.8 Å². The van der Waals surface area contributed by atoms with Crippen LogP contribution >= 0.6 is 0 Å². The van der Waals surface area contributed by atoms with E-state index in [0.29, 0.717) is 0 Å². The van der Waals surface area contributed by atoms with E-state index in [2.05, 4.69) is 4.74 Å². The highest BCUT2D eigenvalue weighted by atomic mass is 19.4. The molecule has 1 aliphatic heterocycles. The van der Waals surface area contributed by atoms with Crippen molar-refractivity contribution in [2.75, 3.05) is 6.61 Å². The van der Waals surface area contributed by atoms with E-state index in [0.717, 1.165) is 24.3 Å². The molecule has 0 aromatic heterocycles. The second kappa shape index (κ2) is 4.71. The van der Waals surface area contributed by atoms with E-state index in [1.165, 1.54) is 0 Å². The Labute approximate surface area is 106 Å². The Morgan fingerprint density at radius 1 is 1.16 bits per heavy atom. The third kappa shape index (κ3) is 2.64. The maximum Gasteiger partial charge on any atom is 0.488 e. The average Bonchev–Trinajstić information content (AvgIpc) is 2.70. The van der Waals surface area contributed by atoms with Crippen LogP contribution in [0.2, 0.25) is 0 Å². The van der Waals surface area contributed by atoms with Crippen molar-refractivity contribution in [3.8, 4) is 0 Å². The molecule has 0 bridgehead atoms. The first-order valence-corrected chi connectivity index (χ1v) is 5.24. The Bertz CT molecular complexity index is 534. The van der Waals surface area contributed by atoms with Gasteiger partial charge in [0, 0.05) is 5.47 Å². The zero-order valence-corrected chi connectivity index (χ0v) is 9.44. The van der Waals surface area contributed by atoms with Gasteiger partial charge < -0.3 is 14.8 Å². The van der Waals surface area contributed by atoms with Crippen molar-refractivity contribution in [2.45, 2.75) is 6.18 Å². The average molecular weight is 272 g/mol. The second-order valence-electron chi connectivity index (χ2n) is 3.93. The largest absolute Gasteiger partial charge is 0.488 e. The number of halogens is 3. The lowest BCUT2D eigenvalue weighted by molar-refractivity contribution is -0.137. The molecule has 1 aromatic rings. The van der Waals surface area contributed by atoms with Crippen molar-refractivity contribution >= 4 is 18.7 Å². The molecule has 1 aliphatic rings. The van der Waals surface area contributed by atoms with Crippen LogP contribution in [0, 0.1) is 0 Å². The summed E-state index contributed by atoms with van der Waals surface area (Å²) >= 11 is 0. The summed E-state index contributed by atoms with van der Waals surface area (Å²) in [7, 11) is -1.89. The molecule has 19 heavy (non-hydrogen) atoms. The van der Waals surface area contributed by atoms with Crippen molar-refractivity contribution in [3.63, 3.8) is 0 Å². The molecule has 0 atom stereocenters. The van der Waals surface area contributed by atoms with E-state index in [9.17, 15) is 18.0 Å². The van der Waals surface area contributed by atoms with E-state index >= 15 is 0 Å². The monoisotopic (exact) mass is 272 g/mol. The summed E-state index contributed by atoms with van der Waals surface area (Å²) in [5.74, 6) is -0.789. The van der Waals surface area contributed by atoms with Crippen LogP contribution in [0.3, 0.4) is 0 Å². The number of carbonyl (C=O) groups is 1. The van der Waals surface area contributed by atoms with Gasteiger partial charge in [-0.05, 0) is 17.7 Å². The maximum atomic E-state index is 12.4. The van der Waals surface area contributed by atoms with Gasteiger partial charge in [-0.3, -0.25) is 0 Å². The Kier molecular flexibility index (Phi) is 3.38. The Balaban J connectivity index is 2.42. The molecule has 1 aromatic carbocycles. The van der Waals surface area contributed by atoms with Crippen molar-refractivity contribution in [3.05, 3.63) is 40.9 Å². The molecule has 0 fully saturated rings. The highest BCUT2D eigenvalue weighted by Crippen LogP contribution is 2.32. The summed E-state index contributed by atoms with van der Waals surface area (Å²) in [6.07, 6.45) is -4.47. The molecule has 0 saturated carbocycles. The lowest BCUT2D eigenvalue weighted by Gasteiger charge is -2.08. The van der Waals surface area contributed by atoms with Gasteiger partial charge in [0.25, 0.3) is 0 Å². The Hall–Kier alpha value is -1.80. The van der Waals surface area contributed by atoms with Crippen LogP contribution in [0.5, 0.6) is 0 Å². The number of carbonyl (C=O) groups excluding carboxylic acids is 1. The molecule has 0 unspecified atom stereocenters. The Morgan fingerprint density at radius 2 is 1.74 bits per heavy atom. The van der Waals surface area contributed by atoms with Crippen LogP contribution < -0.4 is 0 Å². The van der Waals surface area contributed by atoms with E-state index in [1.54, 1.807) is 0 Å². The third-order valence-electron chi connectivity index (χ3n) is 2.70. The van der Waals surface area contributed by atoms with Gasteiger partial charge in [-0.25, -0.2) is 4.79 Å². The van der Waals surface area contributed by atoms with Gasteiger partial charge in [0.05, 0.1) is 11.1 Å². The fraction of sp³-hybridized carbons (Fsp3) is 0.182. The summed E-state index contributed by atoms with van der Waals surface area (Å²) in [6, 6.07) is 3.81. The van der Waals surface area contributed by atoms with Gasteiger partial charge in [-0.1, -0.05) is 12.1 Å². The number of hydrogen-bond acceptors (Lipinski definition) is 4. The molecular formula is C11H8BF3O4. The number of benzene rings is 1. The molecule has 4 nitrogen and oxygen atoms in total. The number of ether oxygens (including phenoxy) is 1. The number of rotatable bonds is 2. The van der Waals surface area contributed by atoms with Crippen LogP contribution in [0.4, 0.5) is 13.2 Å². The minimum Gasteiger partial charge on any atom is -0.458 e. The molecule has 0 amide bonds. The van der Waals surface area contributed by atoms with Gasteiger partial charge in [0.15, 0.2) is 0 Å². The van der Waals surface area contributed by atoms with Gasteiger partial charge in [0.2, 0.25) is 0 Å². The summed E-state index contributed by atoms with van der Waals surface area (Å²) < 4.78 is 41.8. The predicted octanol–water partition coefficient (Wildman–Crippen LogP) is 1.03. The highest BCUT2D eigenvalue weighted by molar-refractivity contribution is 6.55. The fourth-order valence-corrected chi connectivity index (χ4v) is 1.75. The lowest BCUT2D eigenvalue weighted by Crippen LogP contribution is -2.17. The van der Waals surface area contributed by atoms with Crippen LogP contribution in [0.25, 0.3) is 5.57 Å². The number of alkyl halides is 3. The highest BCUT2D eigenvalue weighted by Gasteiger charge is 2.34. The topological polar surface area (TPSA) is 66.8 Å². The summed E-state index contributed by atoms with van der Waals surface area (Å²) in [6.45, 7) is -0.285. The number of esters is 1. The van der Waals surface area contributed by atoms with Crippen molar-refractivity contribution < 1.29 is 32.8 Å². The molecule has 8 heteroatoms. The standard InChI is InChI=1S/C11H8BF3O4/c13-11(14,15)7-3-1-6(2-4-7)9-8(12(17)18)5-19-10(9)16/h1-4,17-18H,5H2. The predicted molar refractivity (Wildman–Crippen MR) is 59.5 cm³/mol. The quantitative estimate of drug-likeness (QED) is 0.623. The maximum absolute atomic E-state index is 12.4. The summed E-state index contributed by atoms with van der Waals surface area (Å²) in [5.41, 5.74) is -0.874. The third-order valence-corrected chi connectivity index (χ3v) is 2.70. The molecule has 2 N–H and O–H groups in total. The normalized spacial score (nSPS) is 15.7. The minimum atomic E-state index is -4.47. The SMILES string of the molecule is O=C1OCC(B(O)O)=C1c1ccc(C(F)(F)F)cc1. The molecule has 0 saturated heterocycles. The second-order valence-corrected chi connectivity index (χ2v) is 3.93. The number of hydrogen-bond donors (Lipinski definition) is 2. The molecule has 0 radical (unpaired) electrons.